The second-order valence-electron chi connectivity index (χ2n) is 3.40. The topological polar surface area (TPSA) is 12.0 Å². The second kappa shape index (κ2) is 2.25. The monoisotopic (exact) mass is 131 g/mol. The van der Waals surface area contributed by atoms with E-state index >= 15 is 0 Å². The van der Waals surface area contributed by atoms with Gasteiger partial charge in [-0.3, -0.25) is 0 Å². The molecule has 1 unspecified atom stereocenters. The Morgan fingerprint density at radius 3 is 2.56 bits per heavy atom. The minimum absolute atomic E-state index is 0.0255. The summed E-state index contributed by atoms with van der Waals surface area (Å²) in [7, 11) is 0. The van der Waals surface area contributed by atoms with Crippen LogP contribution in [-0.4, -0.2) is 18.3 Å². The van der Waals surface area contributed by atoms with Crippen molar-refractivity contribution in [3.63, 3.8) is 0 Å². The van der Waals surface area contributed by atoms with Gasteiger partial charge >= 0.3 is 0 Å². The van der Waals surface area contributed by atoms with Crippen LogP contribution in [0.15, 0.2) is 0 Å². The molecule has 1 aliphatic rings. The zero-order valence-corrected chi connectivity index (χ0v) is 6.08. The summed E-state index contributed by atoms with van der Waals surface area (Å²) in [6, 6.07) is 0. The number of nitrogens with one attached hydrogen (secondary N) is 1. The molecule has 2 heteroatoms. The van der Waals surface area contributed by atoms with Crippen molar-refractivity contribution in [3.05, 3.63) is 0 Å². The molecular weight excluding hydrogens is 117 g/mol. The first-order valence-corrected chi connectivity index (χ1v) is 3.49. The number of piperidine rings is 1. The molecule has 1 fully saturated rings. The molecule has 1 N–H and O–H groups in total. The van der Waals surface area contributed by atoms with E-state index in [1.807, 2.05) is 13.8 Å². The maximum atomic E-state index is 12.6. The minimum atomic E-state index is -0.582. The molecule has 0 radical (unpaired) electrons. The highest BCUT2D eigenvalue weighted by molar-refractivity contribution is 4.85. The van der Waals surface area contributed by atoms with Crippen molar-refractivity contribution < 1.29 is 4.39 Å². The van der Waals surface area contributed by atoms with Crippen molar-refractivity contribution in [3.8, 4) is 0 Å². The second-order valence-corrected chi connectivity index (χ2v) is 3.40. The lowest BCUT2D eigenvalue weighted by molar-refractivity contribution is 0.177. The van der Waals surface area contributed by atoms with Crippen LogP contribution < -0.4 is 5.32 Å². The van der Waals surface area contributed by atoms with Crippen LogP contribution in [0.25, 0.3) is 0 Å². The van der Waals surface area contributed by atoms with Gasteiger partial charge in [0.15, 0.2) is 0 Å². The molecule has 0 amide bonds. The molecular formula is C7H14FN. The lowest BCUT2D eigenvalue weighted by atomic mass is 9.92. The van der Waals surface area contributed by atoms with Gasteiger partial charge < -0.3 is 5.32 Å². The third kappa shape index (κ3) is 1.94. The fourth-order valence-corrected chi connectivity index (χ4v) is 1.30. The van der Waals surface area contributed by atoms with Crippen molar-refractivity contribution in [2.24, 2.45) is 0 Å². The van der Waals surface area contributed by atoms with Crippen LogP contribution in [0.4, 0.5) is 4.39 Å². The number of halogens is 1. The summed E-state index contributed by atoms with van der Waals surface area (Å²) in [5, 5.41) is 3.25. The summed E-state index contributed by atoms with van der Waals surface area (Å²) < 4.78 is 12.6. The van der Waals surface area contributed by atoms with Gasteiger partial charge in [0.05, 0.1) is 0 Å². The fraction of sp³-hybridized carbons (Fsp3) is 1.00. The highest BCUT2D eigenvalue weighted by Gasteiger charge is 2.26. The van der Waals surface area contributed by atoms with Gasteiger partial charge in [-0.15, -0.1) is 0 Å². The highest BCUT2D eigenvalue weighted by Crippen LogP contribution is 2.20. The first-order valence-electron chi connectivity index (χ1n) is 3.49. The van der Waals surface area contributed by atoms with Gasteiger partial charge in [-0.1, -0.05) is 0 Å². The Bertz CT molecular complexity index is 101. The number of hydrogen-bond donors (Lipinski definition) is 1. The zero-order chi connectivity index (χ0) is 6.91. The van der Waals surface area contributed by atoms with E-state index < -0.39 is 6.17 Å². The van der Waals surface area contributed by atoms with Crippen LogP contribution in [0.2, 0.25) is 0 Å². The first kappa shape index (κ1) is 7.00. The van der Waals surface area contributed by atoms with E-state index in [4.69, 9.17) is 0 Å². The smallest absolute Gasteiger partial charge is 0.103 e. The van der Waals surface area contributed by atoms with E-state index in [1.54, 1.807) is 0 Å². The Morgan fingerprint density at radius 2 is 2.22 bits per heavy atom. The summed E-state index contributed by atoms with van der Waals surface area (Å²) in [5.41, 5.74) is 0.0255. The van der Waals surface area contributed by atoms with Crippen molar-refractivity contribution >= 4 is 0 Å². The molecule has 54 valence electrons. The molecule has 0 aliphatic carbocycles. The Labute approximate surface area is 55.6 Å². The number of hydrogen-bond acceptors (Lipinski definition) is 1. The van der Waals surface area contributed by atoms with E-state index in [0.717, 1.165) is 6.54 Å². The van der Waals surface area contributed by atoms with E-state index in [0.29, 0.717) is 12.8 Å². The molecule has 1 aliphatic heterocycles. The fourth-order valence-electron chi connectivity index (χ4n) is 1.30. The van der Waals surface area contributed by atoms with Crippen molar-refractivity contribution in [2.45, 2.75) is 38.4 Å². The van der Waals surface area contributed by atoms with Gasteiger partial charge in [0, 0.05) is 5.54 Å². The summed E-state index contributed by atoms with van der Waals surface area (Å²) in [6.45, 7) is 4.91. The van der Waals surface area contributed by atoms with E-state index in [-0.39, 0.29) is 5.54 Å². The third-order valence-corrected chi connectivity index (χ3v) is 1.79. The van der Waals surface area contributed by atoms with Gasteiger partial charge in [-0.25, -0.2) is 4.39 Å². The van der Waals surface area contributed by atoms with Crippen LogP contribution in [0.3, 0.4) is 0 Å². The Balaban J connectivity index is 2.41. The van der Waals surface area contributed by atoms with Crippen molar-refractivity contribution in [1.29, 1.82) is 0 Å². The Morgan fingerprint density at radius 1 is 1.56 bits per heavy atom. The average molecular weight is 131 g/mol. The summed E-state index contributed by atoms with van der Waals surface area (Å²) in [4.78, 5) is 0. The standard InChI is InChI=1S/C7H14FN/c1-7(2)5-6(8)3-4-9-7/h6,9H,3-5H2,1-2H3. The molecule has 0 aromatic heterocycles. The number of alkyl halides is 1. The molecule has 0 aromatic carbocycles. The van der Waals surface area contributed by atoms with Gasteiger partial charge in [0.2, 0.25) is 0 Å². The molecule has 1 nitrogen and oxygen atoms in total. The maximum absolute atomic E-state index is 12.6. The van der Waals surface area contributed by atoms with Crippen LogP contribution in [0, 0.1) is 0 Å². The lowest BCUT2D eigenvalue weighted by Crippen LogP contribution is -2.46. The quantitative estimate of drug-likeness (QED) is 0.525. The van der Waals surface area contributed by atoms with Crippen LogP contribution in [-0.2, 0) is 0 Å². The minimum Gasteiger partial charge on any atom is -0.312 e. The molecule has 1 rings (SSSR count). The predicted octanol–water partition coefficient (Wildman–Crippen LogP) is 1.49. The van der Waals surface area contributed by atoms with Crippen LogP contribution >= 0.6 is 0 Å². The van der Waals surface area contributed by atoms with Crippen LogP contribution in [0.5, 0.6) is 0 Å². The molecule has 0 saturated carbocycles. The van der Waals surface area contributed by atoms with E-state index in [1.165, 1.54) is 0 Å². The predicted molar refractivity (Wildman–Crippen MR) is 36.2 cm³/mol. The Kier molecular flexibility index (Phi) is 1.75. The average Bonchev–Trinajstić information content (AvgIpc) is 1.60. The third-order valence-electron chi connectivity index (χ3n) is 1.79. The first-order chi connectivity index (χ1) is 4.10. The summed E-state index contributed by atoms with van der Waals surface area (Å²) >= 11 is 0. The summed E-state index contributed by atoms with van der Waals surface area (Å²) in [6.07, 6.45) is 0.762. The molecule has 9 heavy (non-hydrogen) atoms. The van der Waals surface area contributed by atoms with Gasteiger partial charge in [0.25, 0.3) is 0 Å². The molecule has 0 aromatic rings. The number of rotatable bonds is 0. The zero-order valence-electron chi connectivity index (χ0n) is 6.08. The van der Waals surface area contributed by atoms with Gasteiger partial charge in [-0.05, 0) is 33.2 Å². The van der Waals surface area contributed by atoms with Gasteiger partial charge in [0.1, 0.15) is 6.17 Å². The van der Waals surface area contributed by atoms with E-state index in [2.05, 4.69) is 5.32 Å². The molecule has 1 atom stereocenters. The largest absolute Gasteiger partial charge is 0.312 e. The maximum Gasteiger partial charge on any atom is 0.103 e. The lowest BCUT2D eigenvalue weighted by Gasteiger charge is -2.32. The summed E-state index contributed by atoms with van der Waals surface area (Å²) in [5.74, 6) is 0. The molecule has 1 saturated heterocycles. The van der Waals surface area contributed by atoms with Crippen molar-refractivity contribution in [2.75, 3.05) is 6.54 Å². The van der Waals surface area contributed by atoms with E-state index in [9.17, 15) is 4.39 Å². The van der Waals surface area contributed by atoms with Crippen molar-refractivity contribution in [1.82, 2.24) is 5.32 Å². The Hall–Kier alpha value is -0.110. The van der Waals surface area contributed by atoms with Crippen LogP contribution in [0.1, 0.15) is 26.7 Å². The molecule has 0 bridgehead atoms. The SMILES string of the molecule is CC1(C)CC(F)CCN1. The normalized spacial score (nSPS) is 34.3. The highest BCUT2D eigenvalue weighted by atomic mass is 19.1. The molecule has 0 spiro atoms. The van der Waals surface area contributed by atoms with Gasteiger partial charge in [-0.2, -0.15) is 0 Å². The molecule has 1 heterocycles.